The van der Waals surface area contributed by atoms with Crippen molar-refractivity contribution in [2.45, 2.75) is 29.9 Å². The fraction of sp³-hybridized carbons (Fsp3) is 0.364. The summed E-state index contributed by atoms with van der Waals surface area (Å²) < 4.78 is 23.3. The molecule has 1 rings (SSSR count). The van der Waals surface area contributed by atoms with Crippen molar-refractivity contribution in [3.05, 3.63) is 37.3 Å². The van der Waals surface area contributed by atoms with Crippen molar-refractivity contribution in [1.82, 2.24) is 0 Å². The minimum atomic E-state index is -3.25. The first-order valence-corrected chi connectivity index (χ1v) is 5.99. The second-order valence-electron chi connectivity index (χ2n) is 3.83. The van der Waals surface area contributed by atoms with Crippen molar-refractivity contribution in [2.75, 3.05) is 0 Å². The van der Waals surface area contributed by atoms with Crippen LogP contribution in [0.25, 0.3) is 0 Å². The maximum Gasteiger partial charge on any atom is 0.183 e. The Labute approximate surface area is 85.9 Å². The van der Waals surface area contributed by atoms with Crippen molar-refractivity contribution >= 4 is 9.84 Å². The maximum atomic E-state index is 12.0. The van der Waals surface area contributed by atoms with Crippen LogP contribution in [0.3, 0.4) is 0 Å². The lowest BCUT2D eigenvalue weighted by Crippen LogP contribution is -2.31. The fourth-order valence-electron chi connectivity index (χ4n) is 1.05. The Bertz CT molecular complexity index is 391. The summed E-state index contributed by atoms with van der Waals surface area (Å²) in [6.45, 7) is 7.06. The fourth-order valence-corrected chi connectivity index (χ4v) is 2.48. The number of hydrogen-bond acceptors (Lipinski definition) is 2. The topological polar surface area (TPSA) is 34.1 Å². The van der Waals surface area contributed by atoms with Gasteiger partial charge in [-0.1, -0.05) is 25.1 Å². The molecule has 0 amide bonds. The Morgan fingerprint density at radius 1 is 1.21 bits per heavy atom. The molecule has 1 aromatic carbocycles. The molecule has 3 heteroatoms. The molecular formula is C11H15O2S. The van der Waals surface area contributed by atoms with Crippen LogP contribution in [0.5, 0.6) is 0 Å². The molecule has 0 aliphatic heterocycles. The lowest BCUT2D eigenvalue weighted by atomic mass is 10.1. The highest BCUT2D eigenvalue weighted by atomic mass is 32.2. The first-order valence-electron chi connectivity index (χ1n) is 4.51. The summed E-state index contributed by atoms with van der Waals surface area (Å²) in [5, 5.41) is 0. The van der Waals surface area contributed by atoms with Crippen molar-refractivity contribution in [1.29, 1.82) is 0 Å². The highest BCUT2D eigenvalue weighted by Crippen LogP contribution is 2.27. The Morgan fingerprint density at radius 2 is 1.71 bits per heavy atom. The zero-order valence-corrected chi connectivity index (χ0v) is 9.34. The van der Waals surface area contributed by atoms with E-state index in [4.69, 9.17) is 0 Å². The van der Waals surface area contributed by atoms with E-state index in [1.165, 1.54) is 0 Å². The summed E-state index contributed by atoms with van der Waals surface area (Å²) in [5.41, 5.74) is 0. The van der Waals surface area contributed by atoms with Crippen LogP contribution in [0.2, 0.25) is 0 Å². The molecule has 14 heavy (non-hydrogen) atoms. The highest BCUT2D eigenvalue weighted by molar-refractivity contribution is 7.92. The van der Waals surface area contributed by atoms with Gasteiger partial charge in [0, 0.05) is 0 Å². The number of hydrogen-bond donors (Lipinski definition) is 0. The summed E-state index contributed by atoms with van der Waals surface area (Å²) in [5.74, 6) is 0. The van der Waals surface area contributed by atoms with Gasteiger partial charge in [0.2, 0.25) is 0 Å². The van der Waals surface area contributed by atoms with Crippen LogP contribution in [-0.4, -0.2) is 13.2 Å². The van der Waals surface area contributed by atoms with E-state index >= 15 is 0 Å². The van der Waals surface area contributed by atoms with Crippen LogP contribution in [0.15, 0.2) is 35.2 Å². The summed E-state index contributed by atoms with van der Waals surface area (Å²) in [4.78, 5) is 0.369. The smallest absolute Gasteiger partial charge is 0.183 e. The first kappa shape index (κ1) is 11.2. The van der Waals surface area contributed by atoms with Crippen molar-refractivity contribution in [2.24, 2.45) is 0 Å². The molecule has 0 bridgehead atoms. The molecule has 0 N–H and O–H groups in total. The van der Waals surface area contributed by atoms with E-state index < -0.39 is 14.6 Å². The van der Waals surface area contributed by atoms with Gasteiger partial charge in [0.05, 0.1) is 9.64 Å². The van der Waals surface area contributed by atoms with Gasteiger partial charge in [-0.25, -0.2) is 8.42 Å². The van der Waals surface area contributed by atoms with Gasteiger partial charge in [-0.2, -0.15) is 0 Å². The molecule has 1 radical (unpaired) electrons. The number of sulfone groups is 1. The molecule has 0 spiro atoms. The molecule has 0 saturated heterocycles. The lowest BCUT2D eigenvalue weighted by molar-refractivity contribution is 0.547. The van der Waals surface area contributed by atoms with Gasteiger partial charge < -0.3 is 0 Å². The van der Waals surface area contributed by atoms with Gasteiger partial charge in [0.25, 0.3) is 0 Å². The van der Waals surface area contributed by atoms with E-state index in [0.29, 0.717) is 11.3 Å². The molecule has 0 heterocycles. The van der Waals surface area contributed by atoms with Crippen LogP contribution >= 0.6 is 0 Å². The third kappa shape index (κ3) is 1.82. The Morgan fingerprint density at radius 3 is 2.14 bits per heavy atom. The average molecular weight is 211 g/mol. The van der Waals surface area contributed by atoms with Gasteiger partial charge in [-0.05, 0) is 32.4 Å². The third-order valence-corrected chi connectivity index (χ3v) is 4.93. The first-order chi connectivity index (χ1) is 6.42. The second kappa shape index (κ2) is 3.73. The largest absolute Gasteiger partial charge is 0.223 e. The van der Waals surface area contributed by atoms with Gasteiger partial charge in [0.15, 0.2) is 9.84 Å². The maximum absolute atomic E-state index is 12.0. The van der Waals surface area contributed by atoms with Crippen molar-refractivity contribution < 1.29 is 8.42 Å². The van der Waals surface area contributed by atoms with E-state index in [-0.39, 0.29) is 0 Å². The van der Waals surface area contributed by atoms with Crippen LogP contribution in [0.1, 0.15) is 20.3 Å². The van der Waals surface area contributed by atoms with Gasteiger partial charge in [-0.3, -0.25) is 0 Å². The third-order valence-electron chi connectivity index (χ3n) is 2.38. The van der Waals surface area contributed by atoms with Gasteiger partial charge in [-0.15, -0.1) is 0 Å². The average Bonchev–Trinajstić information content (AvgIpc) is 2.19. The molecule has 77 valence electrons. The number of benzene rings is 1. The van der Waals surface area contributed by atoms with E-state index in [0.717, 1.165) is 0 Å². The quantitative estimate of drug-likeness (QED) is 0.769. The monoisotopic (exact) mass is 211 g/mol. The molecule has 1 aromatic rings. The van der Waals surface area contributed by atoms with E-state index in [2.05, 4.69) is 6.92 Å². The zero-order valence-electron chi connectivity index (χ0n) is 8.53. The SMILES string of the molecule is [CH2]CC(C)(C)S(=O)(=O)c1ccccc1. The normalized spacial score (nSPS) is 12.8. The van der Waals surface area contributed by atoms with Crippen molar-refractivity contribution in [3.63, 3.8) is 0 Å². The summed E-state index contributed by atoms with van der Waals surface area (Å²) >= 11 is 0. The standard InChI is InChI=1S/C11H15O2S/c1-4-11(2,3)14(12,13)10-8-6-5-7-9-10/h5-9H,1,4H2,2-3H3. The molecule has 0 aliphatic carbocycles. The van der Waals surface area contributed by atoms with Gasteiger partial charge in [0.1, 0.15) is 0 Å². The second-order valence-corrected chi connectivity index (χ2v) is 6.41. The minimum absolute atomic E-state index is 0.365. The predicted octanol–water partition coefficient (Wildman–Crippen LogP) is 2.46. The molecule has 0 saturated carbocycles. The van der Waals surface area contributed by atoms with E-state index in [9.17, 15) is 8.42 Å². The molecule has 0 fully saturated rings. The summed E-state index contributed by atoms with van der Waals surface area (Å²) in [7, 11) is -3.25. The van der Waals surface area contributed by atoms with Crippen LogP contribution in [-0.2, 0) is 9.84 Å². The molecule has 0 aliphatic rings. The summed E-state index contributed by atoms with van der Waals surface area (Å²) in [6.07, 6.45) is 0.365. The molecule has 0 unspecified atom stereocenters. The molecule has 0 aromatic heterocycles. The Kier molecular flexibility index (Phi) is 3.00. The Hall–Kier alpha value is -0.830. The van der Waals surface area contributed by atoms with Crippen LogP contribution in [0, 0.1) is 6.92 Å². The summed E-state index contributed by atoms with van der Waals surface area (Å²) in [6, 6.07) is 8.49. The lowest BCUT2D eigenvalue weighted by Gasteiger charge is -2.22. The molecular weight excluding hydrogens is 196 g/mol. The molecule has 2 nitrogen and oxygen atoms in total. The number of rotatable bonds is 3. The van der Waals surface area contributed by atoms with Crippen LogP contribution in [0.4, 0.5) is 0 Å². The van der Waals surface area contributed by atoms with Gasteiger partial charge >= 0.3 is 0 Å². The predicted molar refractivity (Wildman–Crippen MR) is 57.7 cm³/mol. The Balaban J connectivity index is 3.23. The van der Waals surface area contributed by atoms with E-state index in [1.54, 1.807) is 44.2 Å². The highest BCUT2D eigenvalue weighted by Gasteiger charge is 2.33. The van der Waals surface area contributed by atoms with E-state index in [1.807, 2.05) is 0 Å². The van der Waals surface area contributed by atoms with Crippen LogP contribution < -0.4 is 0 Å². The minimum Gasteiger partial charge on any atom is -0.223 e. The zero-order chi connectivity index (χ0) is 10.8. The molecule has 0 atom stereocenters. The van der Waals surface area contributed by atoms with Crippen molar-refractivity contribution in [3.8, 4) is 0 Å².